The number of piperidine rings is 1. The third-order valence-corrected chi connectivity index (χ3v) is 6.34. The number of nitrogens with one attached hydrogen (secondary N) is 2. The second-order valence-electron chi connectivity index (χ2n) is 6.29. The number of carbonyl (C=O) groups is 1. The number of carbonyl (C=O) groups excluding carboxylic acids is 1. The Hall–Kier alpha value is -1.44. The predicted octanol–water partition coefficient (Wildman–Crippen LogP) is 1.23. The summed E-state index contributed by atoms with van der Waals surface area (Å²) in [5, 5.41) is 6.29. The predicted molar refractivity (Wildman–Crippen MR) is 92.9 cm³/mol. The quantitative estimate of drug-likeness (QED) is 0.769. The molecule has 2 N–H and O–H groups in total. The SMILES string of the molecule is CCS(=O)(=O)c1ccc(C(=O)NCC2(COC)CCNCC2)cc1. The summed E-state index contributed by atoms with van der Waals surface area (Å²) in [6.45, 7) is 4.61. The molecule has 0 unspecified atom stereocenters. The maximum atomic E-state index is 12.3. The van der Waals surface area contributed by atoms with Crippen LogP contribution < -0.4 is 10.6 Å². The van der Waals surface area contributed by atoms with Gasteiger partial charge in [0, 0.05) is 24.6 Å². The molecule has 134 valence electrons. The lowest BCUT2D eigenvalue weighted by Gasteiger charge is -2.37. The fraction of sp³-hybridized carbons (Fsp3) is 0.588. The van der Waals surface area contributed by atoms with E-state index in [-0.39, 0.29) is 22.0 Å². The van der Waals surface area contributed by atoms with Gasteiger partial charge in [-0.05, 0) is 50.2 Å². The second kappa shape index (κ2) is 8.09. The normalized spacial score (nSPS) is 17.4. The Kier molecular flexibility index (Phi) is 6.37. The molecule has 6 nitrogen and oxygen atoms in total. The molecular formula is C17H26N2O4S. The van der Waals surface area contributed by atoms with Crippen LogP contribution >= 0.6 is 0 Å². The first kappa shape index (κ1) is 18.9. The van der Waals surface area contributed by atoms with E-state index in [4.69, 9.17) is 4.74 Å². The molecule has 1 aliphatic heterocycles. The van der Waals surface area contributed by atoms with Crippen molar-refractivity contribution in [3.8, 4) is 0 Å². The monoisotopic (exact) mass is 354 g/mol. The van der Waals surface area contributed by atoms with Crippen LogP contribution in [0.2, 0.25) is 0 Å². The number of benzene rings is 1. The summed E-state index contributed by atoms with van der Waals surface area (Å²) in [6, 6.07) is 6.10. The molecule has 1 aromatic rings. The van der Waals surface area contributed by atoms with E-state index in [9.17, 15) is 13.2 Å². The maximum absolute atomic E-state index is 12.3. The van der Waals surface area contributed by atoms with Gasteiger partial charge < -0.3 is 15.4 Å². The molecule has 1 amide bonds. The van der Waals surface area contributed by atoms with Crippen molar-refractivity contribution in [2.45, 2.75) is 24.7 Å². The van der Waals surface area contributed by atoms with Gasteiger partial charge in [-0.2, -0.15) is 0 Å². The van der Waals surface area contributed by atoms with Crippen LogP contribution in [0.4, 0.5) is 0 Å². The van der Waals surface area contributed by atoms with Crippen molar-refractivity contribution >= 4 is 15.7 Å². The zero-order valence-electron chi connectivity index (χ0n) is 14.3. The standard InChI is InChI=1S/C17H26N2O4S/c1-3-24(21,22)15-6-4-14(5-7-15)16(20)19-12-17(13-23-2)8-10-18-11-9-17/h4-7,18H,3,8-13H2,1-2H3,(H,19,20). The van der Waals surface area contributed by atoms with Crippen LogP contribution in [-0.2, 0) is 14.6 Å². The van der Waals surface area contributed by atoms with Crippen LogP contribution in [0.25, 0.3) is 0 Å². The van der Waals surface area contributed by atoms with Crippen LogP contribution in [0.1, 0.15) is 30.1 Å². The van der Waals surface area contributed by atoms with Crippen molar-refractivity contribution in [2.75, 3.05) is 39.1 Å². The van der Waals surface area contributed by atoms with E-state index in [0.29, 0.717) is 18.7 Å². The number of sulfone groups is 1. The molecular weight excluding hydrogens is 328 g/mol. The Bertz CT molecular complexity index is 644. The topological polar surface area (TPSA) is 84.5 Å². The molecule has 0 atom stereocenters. The molecule has 0 aromatic heterocycles. The van der Waals surface area contributed by atoms with Crippen molar-refractivity contribution < 1.29 is 17.9 Å². The number of ether oxygens (including phenoxy) is 1. The minimum absolute atomic E-state index is 0.0405. The van der Waals surface area contributed by atoms with Crippen molar-refractivity contribution in [1.82, 2.24) is 10.6 Å². The van der Waals surface area contributed by atoms with Gasteiger partial charge in [-0.25, -0.2) is 8.42 Å². The molecule has 1 aromatic carbocycles. The second-order valence-corrected chi connectivity index (χ2v) is 8.57. The van der Waals surface area contributed by atoms with Crippen molar-refractivity contribution in [2.24, 2.45) is 5.41 Å². The van der Waals surface area contributed by atoms with Crippen LogP contribution in [-0.4, -0.2) is 53.4 Å². The van der Waals surface area contributed by atoms with Crippen molar-refractivity contribution in [3.05, 3.63) is 29.8 Å². The highest BCUT2D eigenvalue weighted by Gasteiger charge is 2.32. The number of amides is 1. The summed E-state index contributed by atoms with van der Waals surface area (Å²) in [6.07, 6.45) is 1.91. The number of methoxy groups -OCH3 is 1. The van der Waals surface area contributed by atoms with Crippen molar-refractivity contribution in [1.29, 1.82) is 0 Å². The summed E-state index contributed by atoms with van der Waals surface area (Å²) in [5.41, 5.74) is 0.424. The van der Waals surface area contributed by atoms with Crippen LogP contribution in [0.5, 0.6) is 0 Å². The van der Waals surface area contributed by atoms with Crippen LogP contribution in [0, 0.1) is 5.41 Å². The summed E-state index contributed by atoms with van der Waals surface area (Å²) in [5.74, 6) is -0.143. The fourth-order valence-corrected chi connectivity index (χ4v) is 3.87. The number of hydrogen-bond donors (Lipinski definition) is 2. The molecule has 1 aliphatic rings. The van der Waals surface area contributed by atoms with E-state index in [2.05, 4.69) is 10.6 Å². The van der Waals surface area contributed by atoms with Crippen LogP contribution in [0.3, 0.4) is 0 Å². The first-order valence-electron chi connectivity index (χ1n) is 8.23. The highest BCUT2D eigenvalue weighted by atomic mass is 32.2. The van der Waals surface area contributed by atoms with Crippen molar-refractivity contribution in [3.63, 3.8) is 0 Å². The molecule has 7 heteroatoms. The molecule has 0 bridgehead atoms. The largest absolute Gasteiger partial charge is 0.384 e. The van der Waals surface area contributed by atoms with Gasteiger partial charge in [0.1, 0.15) is 0 Å². The Morgan fingerprint density at radius 1 is 1.25 bits per heavy atom. The maximum Gasteiger partial charge on any atom is 0.251 e. The van der Waals surface area contributed by atoms with E-state index < -0.39 is 9.84 Å². The first-order chi connectivity index (χ1) is 11.4. The zero-order valence-corrected chi connectivity index (χ0v) is 15.1. The minimum Gasteiger partial charge on any atom is -0.384 e. The van der Waals surface area contributed by atoms with Gasteiger partial charge in [0.15, 0.2) is 9.84 Å². The molecule has 0 radical (unpaired) electrons. The lowest BCUT2D eigenvalue weighted by Crippen LogP contribution is -2.47. The zero-order chi connectivity index (χ0) is 17.6. The Morgan fingerprint density at radius 2 is 1.88 bits per heavy atom. The van der Waals surface area contributed by atoms with Gasteiger partial charge in [0.2, 0.25) is 0 Å². The third kappa shape index (κ3) is 4.55. The Morgan fingerprint density at radius 3 is 2.42 bits per heavy atom. The van der Waals surface area contributed by atoms with Gasteiger partial charge in [-0.15, -0.1) is 0 Å². The first-order valence-corrected chi connectivity index (χ1v) is 9.88. The van der Waals surface area contributed by atoms with Gasteiger partial charge in [-0.3, -0.25) is 4.79 Å². The van der Waals surface area contributed by atoms with Gasteiger partial charge in [-0.1, -0.05) is 6.92 Å². The van der Waals surface area contributed by atoms with Gasteiger partial charge in [0.05, 0.1) is 17.3 Å². The van der Waals surface area contributed by atoms with E-state index >= 15 is 0 Å². The van der Waals surface area contributed by atoms with E-state index in [0.717, 1.165) is 25.9 Å². The highest BCUT2D eigenvalue weighted by Crippen LogP contribution is 2.28. The molecule has 1 heterocycles. The Balaban J connectivity index is 2.01. The molecule has 1 fully saturated rings. The number of rotatable bonds is 7. The lowest BCUT2D eigenvalue weighted by molar-refractivity contribution is 0.0511. The van der Waals surface area contributed by atoms with E-state index in [1.54, 1.807) is 26.2 Å². The minimum atomic E-state index is -3.24. The summed E-state index contributed by atoms with van der Waals surface area (Å²) in [4.78, 5) is 12.6. The molecule has 0 spiro atoms. The summed E-state index contributed by atoms with van der Waals surface area (Å²) < 4.78 is 29.0. The molecule has 0 aliphatic carbocycles. The number of hydrogen-bond acceptors (Lipinski definition) is 5. The summed E-state index contributed by atoms with van der Waals surface area (Å²) >= 11 is 0. The summed E-state index contributed by atoms with van der Waals surface area (Å²) in [7, 11) is -1.56. The smallest absolute Gasteiger partial charge is 0.251 e. The molecule has 2 rings (SSSR count). The van der Waals surface area contributed by atoms with Gasteiger partial charge >= 0.3 is 0 Å². The van der Waals surface area contributed by atoms with E-state index in [1.165, 1.54) is 12.1 Å². The Labute approximate surface area is 143 Å². The molecule has 1 saturated heterocycles. The van der Waals surface area contributed by atoms with Gasteiger partial charge in [0.25, 0.3) is 5.91 Å². The molecule has 24 heavy (non-hydrogen) atoms. The third-order valence-electron chi connectivity index (χ3n) is 4.59. The fourth-order valence-electron chi connectivity index (χ4n) is 2.99. The van der Waals surface area contributed by atoms with Crippen LogP contribution in [0.15, 0.2) is 29.2 Å². The lowest BCUT2D eigenvalue weighted by atomic mass is 9.79. The van der Waals surface area contributed by atoms with E-state index in [1.807, 2.05) is 0 Å². The average Bonchev–Trinajstić information content (AvgIpc) is 2.61. The molecule has 0 saturated carbocycles. The highest BCUT2D eigenvalue weighted by molar-refractivity contribution is 7.91. The average molecular weight is 354 g/mol.